The van der Waals surface area contributed by atoms with Gasteiger partial charge in [0.2, 0.25) is 0 Å². The third-order valence-corrected chi connectivity index (χ3v) is 4.75. The lowest BCUT2D eigenvalue weighted by Crippen LogP contribution is -2.47. The minimum atomic E-state index is -1.11. The number of fused-ring (bicyclic) bond motifs is 1. The number of aryl methyl sites for hydroxylation is 2. The highest BCUT2D eigenvalue weighted by atomic mass is 16.5. The lowest BCUT2D eigenvalue weighted by Gasteiger charge is -2.37. The van der Waals surface area contributed by atoms with Crippen LogP contribution in [0.2, 0.25) is 0 Å². The van der Waals surface area contributed by atoms with Gasteiger partial charge in [-0.2, -0.15) is 5.26 Å². The molecule has 3 rings (SSSR count). The number of hydrogen-bond donors (Lipinski definition) is 0. The molecule has 1 aliphatic rings. The van der Waals surface area contributed by atoms with E-state index in [1.165, 1.54) is 0 Å². The molecule has 23 heavy (non-hydrogen) atoms. The van der Waals surface area contributed by atoms with Crippen LogP contribution in [-0.4, -0.2) is 5.97 Å². The Labute approximate surface area is 136 Å². The van der Waals surface area contributed by atoms with E-state index in [1.54, 1.807) is 13.8 Å². The van der Waals surface area contributed by atoms with Crippen molar-refractivity contribution in [3.63, 3.8) is 0 Å². The highest BCUT2D eigenvalue weighted by Crippen LogP contribution is 2.54. The molecular formula is C20H19NO2. The summed E-state index contributed by atoms with van der Waals surface area (Å²) in [5, 5.41) is 9.79. The molecule has 0 bridgehead atoms. The number of nitriles is 1. The number of carbonyl (C=O) groups is 1. The molecule has 0 N–H and O–H groups in total. The minimum Gasteiger partial charge on any atom is -0.425 e. The van der Waals surface area contributed by atoms with Gasteiger partial charge in [0.05, 0.1) is 11.5 Å². The van der Waals surface area contributed by atoms with Crippen molar-refractivity contribution in [2.45, 2.75) is 33.1 Å². The van der Waals surface area contributed by atoms with Gasteiger partial charge in [0.15, 0.2) is 0 Å². The zero-order valence-electron chi connectivity index (χ0n) is 13.8. The van der Waals surface area contributed by atoms with Crippen LogP contribution in [0.25, 0.3) is 0 Å². The molecule has 1 aliphatic heterocycles. The third kappa shape index (κ3) is 1.98. The average Bonchev–Trinajstić information content (AvgIpc) is 2.81. The monoisotopic (exact) mass is 305 g/mol. The van der Waals surface area contributed by atoms with Gasteiger partial charge in [-0.25, -0.2) is 0 Å². The van der Waals surface area contributed by atoms with Crippen molar-refractivity contribution < 1.29 is 9.53 Å². The molecule has 3 heteroatoms. The van der Waals surface area contributed by atoms with Crippen molar-refractivity contribution in [1.29, 1.82) is 5.26 Å². The van der Waals surface area contributed by atoms with E-state index in [0.717, 1.165) is 22.3 Å². The highest BCUT2D eigenvalue weighted by molar-refractivity contribution is 5.96. The van der Waals surface area contributed by atoms with Crippen LogP contribution in [0, 0.1) is 30.6 Å². The summed E-state index contributed by atoms with van der Waals surface area (Å²) >= 11 is 0. The summed E-state index contributed by atoms with van der Waals surface area (Å²) < 4.78 is 5.56. The fourth-order valence-corrected chi connectivity index (χ4v) is 3.43. The largest absolute Gasteiger partial charge is 0.425 e. The topological polar surface area (TPSA) is 50.1 Å². The predicted molar refractivity (Wildman–Crippen MR) is 88.2 cm³/mol. The average molecular weight is 305 g/mol. The maximum absolute atomic E-state index is 13.0. The van der Waals surface area contributed by atoms with Crippen molar-refractivity contribution in [2.75, 3.05) is 0 Å². The van der Waals surface area contributed by atoms with Crippen LogP contribution in [0.4, 0.5) is 0 Å². The van der Waals surface area contributed by atoms with E-state index < -0.39 is 10.8 Å². The van der Waals surface area contributed by atoms with Crippen molar-refractivity contribution in [2.24, 2.45) is 5.41 Å². The third-order valence-electron chi connectivity index (χ3n) is 4.75. The Morgan fingerprint density at radius 1 is 1.04 bits per heavy atom. The lowest BCUT2D eigenvalue weighted by atomic mass is 9.59. The van der Waals surface area contributed by atoms with Crippen molar-refractivity contribution in [3.05, 3.63) is 64.7 Å². The zero-order chi connectivity index (χ0) is 16.8. The van der Waals surface area contributed by atoms with E-state index >= 15 is 0 Å². The van der Waals surface area contributed by atoms with Gasteiger partial charge in [0.25, 0.3) is 0 Å². The van der Waals surface area contributed by atoms with Crippen LogP contribution < -0.4 is 4.74 Å². The van der Waals surface area contributed by atoms with Crippen molar-refractivity contribution >= 4 is 5.97 Å². The summed E-state index contributed by atoms with van der Waals surface area (Å²) in [6.07, 6.45) is 0. The summed E-state index contributed by atoms with van der Waals surface area (Å²) in [6.45, 7) is 7.57. The second kappa shape index (κ2) is 4.96. The van der Waals surface area contributed by atoms with Gasteiger partial charge in [-0.05, 0) is 39.3 Å². The first-order valence-corrected chi connectivity index (χ1v) is 7.65. The molecule has 0 aliphatic carbocycles. The van der Waals surface area contributed by atoms with Gasteiger partial charge < -0.3 is 4.74 Å². The normalized spacial score (nSPS) is 19.9. The Hall–Kier alpha value is -2.60. The second-order valence-electron chi connectivity index (χ2n) is 6.74. The number of carbonyl (C=O) groups excluding carboxylic acids is 1. The van der Waals surface area contributed by atoms with Crippen LogP contribution >= 0.6 is 0 Å². The van der Waals surface area contributed by atoms with Crippen LogP contribution in [-0.2, 0) is 10.2 Å². The quantitative estimate of drug-likeness (QED) is 0.621. The maximum atomic E-state index is 13.0. The molecule has 1 atom stereocenters. The van der Waals surface area contributed by atoms with Crippen LogP contribution in [0.1, 0.15) is 36.1 Å². The first-order valence-electron chi connectivity index (χ1n) is 7.65. The Bertz CT molecular complexity index is 828. The predicted octanol–water partition coefficient (Wildman–Crippen LogP) is 4.06. The number of nitrogens with zero attached hydrogens (tertiary/aromatic N) is 1. The summed E-state index contributed by atoms with van der Waals surface area (Å²) in [5.74, 6) is 0.165. The molecule has 0 amide bonds. The Kier molecular flexibility index (Phi) is 3.30. The van der Waals surface area contributed by atoms with Gasteiger partial charge in [-0.15, -0.1) is 0 Å². The summed E-state index contributed by atoms with van der Waals surface area (Å²) in [5.41, 5.74) is 1.65. The standard InChI is InChI=1S/C20H19NO2/c1-13-5-8-15(9-6-13)20(19(3,4)12-21)16-11-14(2)7-10-17(16)23-18(20)22/h5-11H,1-4H3. The number of esters is 1. The Balaban J connectivity index is 2.40. The fraction of sp³-hybridized carbons (Fsp3) is 0.300. The van der Waals surface area contributed by atoms with E-state index in [9.17, 15) is 10.1 Å². The van der Waals surface area contributed by atoms with Gasteiger partial charge in [0, 0.05) is 5.56 Å². The van der Waals surface area contributed by atoms with E-state index in [4.69, 9.17) is 4.74 Å². The molecule has 0 spiro atoms. The molecule has 3 nitrogen and oxygen atoms in total. The molecule has 0 fully saturated rings. The minimum absolute atomic E-state index is 0.381. The number of rotatable bonds is 2. The summed E-state index contributed by atoms with van der Waals surface area (Å²) in [7, 11) is 0. The van der Waals surface area contributed by atoms with Crippen LogP contribution in [0.5, 0.6) is 5.75 Å². The second-order valence-corrected chi connectivity index (χ2v) is 6.74. The molecule has 0 radical (unpaired) electrons. The first kappa shape index (κ1) is 15.3. The van der Waals surface area contributed by atoms with Gasteiger partial charge in [-0.3, -0.25) is 4.79 Å². The molecule has 2 aromatic rings. The molecular weight excluding hydrogens is 286 g/mol. The SMILES string of the molecule is Cc1ccc(C2(C(C)(C)C#N)C(=O)Oc3ccc(C)cc32)cc1. The van der Waals surface area contributed by atoms with Gasteiger partial charge in [-0.1, -0.05) is 47.5 Å². The van der Waals surface area contributed by atoms with E-state index in [2.05, 4.69) is 6.07 Å². The number of benzene rings is 2. The van der Waals surface area contributed by atoms with Crippen molar-refractivity contribution in [3.8, 4) is 11.8 Å². The first-order chi connectivity index (χ1) is 10.8. The molecule has 0 saturated heterocycles. The molecule has 116 valence electrons. The van der Waals surface area contributed by atoms with Crippen LogP contribution in [0.15, 0.2) is 42.5 Å². The zero-order valence-corrected chi connectivity index (χ0v) is 13.8. The molecule has 2 aromatic carbocycles. The smallest absolute Gasteiger partial charge is 0.328 e. The lowest BCUT2D eigenvalue weighted by molar-refractivity contribution is -0.139. The summed E-state index contributed by atoms with van der Waals surface area (Å²) in [4.78, 5) is 13.0. The fourth-order valence-electron chi connectivity index (χ4n) is 3.43. The summed E-state index contributed by atoms with van der Waals surface area (Å²) in [6, 6.07) is 15.8. The number of ether oxygens (including phenoxy) is 1. The van der Waals surface area contributed by atoms with E-state index in [-0.39, 0.29) is 5.97 Å². The van der Waals surface area contributed by atoms with E-state index in [0.29, 0.717) is 5.75 Å². The number of hydrogen-bond acceptors (Lipinski definition) is 3. The molecule has 1 unspecified atom stereocenters. The van der Waals surface area contributed by atoms with E-state index in [1.807, 2.05) is 56.3 Å². The van der Waals surface area contributed by atoms with Gasteiger partial charge in [0.1, 0.15) is 11.2 Å². The Morgan fingerprint density at radius 2 is 1.65 bits per heavy atom. The van der Waals surface area contributed by atoms with Crippen molar-refractivity contribution in [1.82, 2.24) is 0 Å². The maximum Gasteiger partial charge on any atom is 0.328 e. The molecule has 0 aromatic heterocycles. The highest BCUT2D eigenvalue weighted by Gasteiger charge is 2.60. The van der Waals surface area contributed by atoms with Gasteiger partial charge >= 0.3 is 5.97 Å². The Morgan fingerprint density at radius 3 is 2.26 bits per heavy atom. The van der Waals surface area contributed by atoms with Crippen LogP contribution in [0.3, 0.4) is 0 Å². The molecule has 1 heterocycles. The molecule has 0 saturated carbocycles.